The number of carbonyl (C=O) groups is 1. The van der Waals surface area contributed by atoms with Gasteiger partial charge in [0.2, 0.25) is 11.9 Å². The summed E-state index contributed by atoms with van der Waals surface area (Å²) < 4.78 is 0. The van der Waals surface area contributed by atoms with Gasteiger partial charge in [-0.15, -0.1) is 0 Å². The van der Waals surface area contributed by atoms with Crippen molar-refractivity contribution in [3.05, 3.63) is 72.0 Å². The molecule has 2 aromatic carbocycles. The number of piperidine rings is 1. The highest BCUT2D eigenvalue weighted by molar-refractivity contribution is 6.30. The molecule has 1 fully saturated rings. The predicted octanol–water partition coefficient (Wildman–Crippen LogP) is 4.65. The molecule has 4 rings (SSSR count). The normalized spacial score (nSPS) is 16.6. The number of hydrogen-bond donors (Lipinski definition) is 1. The molecule has 142 valence electrons. The van der Waals surface area contributed by atoms with Crippen molar-refractivity contribution in [2.75, 3.05) is 23.3 Å². The van der Waals surface area contributed by atoms with Crippen LogP contribution in [0.2, 0.25) is 5.02 Å². The molecule has 0 aliphatic carbocycles. The molecule has 2 heterocycles. The number of nitrogens with one attached hydrogen (secondary N) is 1. The average Bonchev–Trinajstić information content (AvgIpc) is 2.76. The van der Waals surface area contributed by atoms with Gasteiger partial charge < -0.3 is 10.2 Å². The number of benzene rings is 2. The zero-order valence-corrected chi connectivity index (χ0v) is 16.1. The van der Waals surface area contributed by atoms with E-state index in [1.54, 1.807) is 12.1 Å². The Labute approximate surface area is 169 Å². The van der Waals surface area contributed by atoms with E-state index >= 15 is 0 Å². The van der Waals surface area contributed by atoms with Crippen LogP contribution in [0.4, 0.5) is 11.6 Å². The maximum atomic E-state index is 12.7. The molecule has 0 unspecified atom stereocenters. The molecule has 1 aromatic heterocycles. The summed E-state index contributed by atoms with van der Waals surface area (Å²) in [5.74, 6) is 0.596. The van der Waals surface area contributed by atoms with Crippen LogP contribution in [0.3, 0.4) is 0 Å². The van der Waals surface area contributed by atoms with Crippen LogP contribution in [0, 0.1) is 5.92 Å². The summed E-state index contributed by atoms with van der Waals surface area (Å²) in [7, 11) is 0. The zero-order chi connectivity index (χ0) is 19.3. The number of anilines is 2. The monoisotopic (exact) mass is 392 g/mol. The number of aromatic nitrogens is 2. The zero-order valence-electron chi connectivity index (χ0n) is 15.4. The van der Waals surface area contributed by atoms with Crippen LogP contribution in [0.5, 0.6) is 0 Å². The predicted molar refractivity (Wildman–Crippen MR) is 112 cm³/mol. The summed E-state index contributed by atoms with van der Waals surface area (Å²) in [4.78, 5) is 23.8. The number of rotatable bonds is 4. The first-order valence-electron chi connectivity index (χ1n) is 9.38. The van der Waals surface area contributed by atoms with Crippen LogP contribution in [0.15, 0.2) is 67.0 Å². The average molecular weight is 393 g/mol. The molecule has 0 bridgehead atoms. The molecule has 1 aliphatic heterocycles. The molecule has 0 spiro atoms. The third kappa shape index (κ3) is 4.31. The lowest BCUT2D eigenvalue weighted by Gasteiger charge is -2.32. The molecule has 1 N–H and O–H groups in total. The Bertz CT molecular complexity index is 929. The van der Waals surface area contributed by atoms with Crippen LogP contribution in [0.1, 0.15) is 12.8 Å². The lowest BCUT2D eigenvalue weighted by atomic mass is 9.97. The number of nitrogens with zero attached hydrogens (tertiary/aromatic N) is 3. The standard InChI is InChI=1S/C22H21ClN4O/c23-19-8-10-20(11-9-19)26-21(28)17-7-4-12-27(15-17)22-24-13-18(14-25-22)16-5-2-1-3-6-16/h1-3,5-6,8-11,13-14,17H,4,7,12,15H2,(H,26,28)/t17-/m1/s1. The van der Waals surface area contributed by atoms with Crippen LogP contribution >= 0.6 is 11.6 Å². The SMILES string of the molecule is O=C(Nc1ccc(Cl)cc1)[C@@H]1CCCN(c2ncc(-c3ccccc3)cn2)C1. The molecular weight excluding hydrogens is 372 g/mol. The molecular formula is C22H21ClN4O. The molecule has 1 aliphatic rings. The van der Waals surface area contributed by atoms with Gasteiger partial charge in [-0.1, -0.05) is 41.9 Å². The molecule has 0 saturated carbocycles. The topological polar surface area (TPSA) is 58.1 Å². The highest BCUT2D eigenvalue weighted by atomic mass is 35.5. The van der Waals surface area contributed by atoms with Gasteiger partial charge in [-0.05, 0) is 42.7 Å². The van der Waals surface area contributed by atoms with Crippen molar-refractivity contribution in [2.45, 2.75) is 12.8 Å². The van der Waals surface area contributed by atoms with Gasteiger partial charge in [0, 0.05) is 41.8 Å². The second-order valence-corrected chi connectivity index (χ2v) is 7.36. The van der Waals surface area contributed by atoms with E-state index in [4.69, 9.17) is 11.6 Å². The van der Waals surface area contributed by atoms with Crippen LogP contribution in [-0.4, -0.2) is 29.0 Å². The van der Waals surface area contributed by atoms with E-state index in [-0.39, 0.29) is 11.8 Å². The lowest BCUT2D eigenvalue weighted by molar-refractivity contribution is -0.120. The molecule has 1 amide bonds. The van der Waals surface area contributed by atoms with Crippen molar-refractivity contribution in [1.29, 1.82) is 0 Å². The van der Waals surface area contributed by atoms with Gasteiger partial charge in [0.15, 0.2) is 0 Å². The summed E-state index contributed by atoms with van der Waals surface area (Å²) in [5.41, 5.74) is 2.83. The van der Waals surface area contributed by atoms with Gasteiger partial charge in [0.25, 0.3) is 0 Å². The van der Waals surface area contributed by atoms with Crippen molar-refractivity contribution in [1.82, 2.24) is 9.97 Å². The molecule has 28 heavy (non-hydrogen) atoms. The molecule has 0 radical (unpaired) electrons. The first kappa shape index (κ1) is 18.4. The second-order valence-electron chi connectivity index (χ2n) is 6.92. The fourth-order valence-electron chi connectivity index (χ4n) is 3.41. The van der Waals surface area contributed by atoms with E-state index in [2.05, 4.69) is 20.2 Å². The van der Waals surface area contributed by atoms with Gasteiger partial charge in [0.1, 0.15) is 0 Å². The van der Waals surface area contributed by atoms with Crippen molar-refractivity contribution >= 4 is 29.1 Å². The van der Waals surface area contributed by atoms with E-state index in [1.165, 1.54) is 0 Å². The Hall–Kier alpha value is -2.92. The Morgan fingerprint density at radius 1 is 1.00 bits per heavy atom. The third-order valence-corrected chi connectivity index (χ3v) is 5.18. The number of halogens is 1. The summed E-state index contributed by atoms with van der Waals surface area (Å²) in [5, 5.41) is 3.63. The molecule has 3 aromatic rings. The summed E-state index contributed by atoms with van der Waals surface area (Å²) in [6, 6.07) is 17.2. The van der Waals surface area contributed by atoms with E-state index < -0.39 is 0 Å². The fourth-order valence-corrected chi connectivity index (χ4v) is 3.54. The molecule has 5 nitrogen and oxygen atoms in total. The number of hydrogen-bond acceptors (Lipinski definition) is 4. The van der Waals surface area contributed by atoms with Crippen LogP contribution in [-0.2, 0) is 4.79 Å². The highest BCUT2D eigenvalue weighted by Gasteiger charge is 2.27. The number of carbonyl (C=O) groups excluding carboxylic acids is 1. The summed E-state index contributed by atoms with van der Waals surface area (Å²) >= 11 is 5.90. The smallest absolute Gasteiger partial charge is 0.229 e. The molecule has 6 heteroatoms. The maximum Gasteiger partial charge on any atom is 0.229 e. The fraction of sp³-hybridized carbons (Fsp3) is 0.227. The van der Waals surface area contributed by atoms with E-state index in [0.717, 1.165) is 36.2 Å². The van der Waals surface area contributed by atoms with Gasteiger partial charge in [-0.2, -0.15) is 0 Å². The van der Waals surface area contributed by atoms with Crippen LogP contribution < -0.4 is 10.2 Å². The Morgan fingerprint density at radius 3 is 2.43 bits per heavy atom. The summed E-state index contributed by atoms with van der Waals surface area (Å²) in [6.07, 6.45) is 5.48. The van der Waals surface area contributed by atoms with Gasteiger partial charge in [-0.25, -0.2) is 9.97 Å². The second kappa shape index (κ2) is 8.40. The highest BCUT2D eigenvalue weighted by Crippen LogP contribution is 2.24. The van der Waals surface area contributed by atoms with Gasteiger partial charge in [-0.3, -0.25) is 4.79 Å². The minimum absolute atomic E-state index is 0.0212. The Balaban J connectivity index is 1.42. The van der Waals surface area contributed by atoms with E-state index in [0.29, 0.717) is 17.5 Å². The molecule has 1 saturated heterocycles. The first-order valence-corrected chi connectivity index (χ1v) is 9.76. The van der Waals surface area contributed by atoms with Crippen LogP contribution in [0.25, 0.3) is 11.1 Å². The summed E-state index contributed by atoms with van der Waals surface area (Å²) in [6.45, 7) is 1.47. The maximum absolute atomic E-state index is 12.7. The van der Waals surface area contributed by atoms with Crippen molar-refractivity contribution in [3.63, 3.8) is 0 Å². The minimum atomic E-state index is -0.0955. The van der Waals surface area contributed by atoms with E-state index in [1.807, 2.05) is 54.9 Å². The first-order chi connectivity index (χ1) is 13.7. The molecule has 1 atom stereocenters. The minimum Gasteiger partial charge on any atom is -0.340 e. The van der Waals surface area contributed by atoms with Crippen molar-refractivity contribution in [3.8, 4) is 11.1 Å². The van der Waals surface area contributed by atoms with Gasteiger partial charge in [0.05, 0.1) is 5.92 Å². The van der Waals surface area contributed by atoms with Crippen molar-refractivity contribution < 1.29 is 4.79 Å². The Kier molecular flexibility index (Phi) is 5.53. The van der Waals surface area contributed by atoms with E-state index in [9.17, 15) is 4.79 Å². The third-order valence-electron chi connectivity index (χ3n) is 4.93. The van der Waals surface area contributed by atoms with Gasteiger partial charge >= 0.3 is 0 Å². The lowest BCUT2D eigenvalue weighted by Crippen LogP contribution is -2.41. The number of amides is 1. The quantitative estimate of drug-likeness (QED) is 0.702. The largest absolute Gasteiger partial charge is 0.340 e. The Morgan fingerprint density at radius 2 is 1.71 bits per heavy atom. The van der Waals surface area contributed by atoms with Crippen molar-refractivity contribution in [2.24, 2.45) is 5.92 Å².